The summed E-state index contributed by atoms with van der Waals surface area (Å²) in [6.45, 7) is 1.89. The van der Waals surface area contributed by atoms with E-state index in [1.807, 2.05) is 43.3 Å². The number of fused-ring (bicyclic) bond motifs is 1. The number of hydrogen-bond acceptors (Lipinski definition) is 4. The Hall–Kier alpha value is -2.89. The van der Waals surface area contributed by atoms with Crippen molar-refractivity contribution < 1.29 is 5.21 Å². The monoisotopic (exact) mass is 267 g/mol. The number of aryl methyl sites for hydroxylation is 1. The highest BCUT2D eigenvalue weighted by molar-refractivity contribution is 6.02. The van der Waals surface area contributed by atoms with Gasteiger partial charge >= 0.3 is 0 Å². The Balaban J connectivity index is 2.32. The van der Waals surface area contributed by atoms with Gasteiger partial charge in [-0.3, -0.25) is 0 Å². The second-order valence-electron chi connectivity index (χ2n) is 4.44. The van der Waals surface area contributed by atoms with Crippen LogP contribution in [-0.2, 0) is 0 Å². The lowest BCUT2D eigenvalue weighted by Crippen LogP contribution is -2.18. The summed E-state index contributed by atoms with van der Waals surface area (Å²) in [6, 6.07) is 11.4. The molecule has 100 valence electrons. The first-order valence-electron chi connectivity index (χ1n) is 6.09. The molecule has 6 heteroatoms. The van der Waals surface area contributed by atoms with E-state index in [1.165, 1.54) is 0 Å². The topological polar surface area (TPSA) is 89.3 Å². The van der Waals surface area contributed by atoms with Crippen LogP contribution in [-0.4, -0.2) is 25.8 Å². The van der Waals surface area contributed by atoms with E-state index in [4.69, 9.17) is 10.9 Å². The van der Waals surface area contributed by atoms with Crippen LogP contribution in [0, 0.1) is 6.92 Å². The number of benzene rings is 1. The van der Waals surface area contributed by atoms with Gasteiger partial charge in [0.2, 0.25) is 0 Å². The molecular weight excluding hydrogens is 254 g/mol. The van der Waals surface area contributed by atoms with Crippen LogP contribution < -0.4 is 5.73 Å². The van der Waals surface area contributed by atoms with E-state index in [0.29, 0.717) is 11.4 Å². The smallest absolute Gasteiger partial charge is 0.173 e. The van der Waals surface area contributed by atoms with Crippen molar-refractivity contribution in [2.75, 3.05) is 0 Å². The molecule has 0 amide bonds. The van der Waals surface area contributed by atoms with Gasteiger partial charge in [-0.25, -0.2) is 9.67 Å². The third kappa shape index (κ3) is 1.97. The number of amidine groups is 1. The molecule has 0 saturated heterocycles. The van der Waals surface area contributed by atoms with E-state index in [-0.39, 0.29) is 5.84 Å². The lowest BCUT2D eigenvalue weighted by molar-refractivity contribution is 0.318. The van der Waals surface area contributed by atoms with Crippen LogP contribution in [0.25, 0.3) is 16.7 Å². The molecule has 0 atom stereocenters. The number of pyridine rings is 1. The fourth-order valence-corrected chi connectivity index (χ4v) is 2.06. The average Bonchev–Trinajstić information content (AvgIpc) is 2.91. The molecule has 3 aromatic rings. The van der Waals surface area contributed by atoms with Crippen LogP contribution in [0.15, 0.2) is 47.8 Å². The van der Waals surface area contributed by atoms with Gasteiger partial charge in [-0.15, -0.1) is 0 Å². The Morgan fingerprint density at radius 3 is 2.80 bits per heavy atom. The maximum absolute atomic E-state index is 8.94. The van der Waals surface area contributed by atoms with Gasteiger partial charge in [-0.1, -0.05) is 23.4 Å². The molecule has 0 fully saturated rings. The molecule has 0 aliphatic carbocycles. The summed E-state index contributed by atoms with van der Waals surface area (Å²) in [6.07, 6.45) is 1.79. The summed E-state index contributed by atoms with van der Waals surface area (Å²) < 4.78 is 1.62. The molecule has 20 heavy (non-hydrogen) atoms. The fraction of sp³-hybridized carbons (Fsp3) is 0.0714. The predicted octanol–water partition coefficient (Wildman–Crippen LogP) is 1.82. The largest absolute Gasteiger partial charge is 0.409 e. The van der Waals surface area contributed by atoms with Crippen molar-refractivity contribution in [2.45, 2.75) is 6.92 Å². The van der Waals surface area contributed by atoms with E-state index in [0.717, 1.165) is 16.6 Å². The molecule has 0 bridgehead atoms. The summed E-state index contributed by atoms with van der Waals surface area (Å²) in [7, 11) is 0. The number of para-hydroxylation sites is 1. The molecule has 0 spiro atoms. The molecule has 2 aromatic heterocycles. The number of nitrogens with zero attached hydrogens (tertiary/aromatic N) is 4. The maximum atomic E-state index is 8.94. The van der Waals surface area contributed by atoms with Gasteiger partial charge in [-0.2, -0.15) is 5.10 Å². The van der Waals surface area contributed by atoms with Crippen molar-refractivity contribution in [1.82, 2.24) is 14.8 Å². The van der Waals surface area contributed by atoms with Crippen molar-refractivity contribution in [1.29, 1.82) is 0 Å². The zero-order chi connectivity index (χ0) is 14.1. The number of rotatable bonds is 2. The van der Waals surface area contributed by atoms with Gasteiger partial charge < -0.3 is 10.9 Å². The van der Waals surface area contributed by atoms with E-state index in [2.05, 4.69) is 15.2 Å². The number of oxime groups is 1. The molecule has 0 saturated carbocycles. The maximum Gasteiger partial charge on any atom is 0.173 e. The minimum absolute atomic E-state index is 0.00593. The summed E-state index contributed by atoms with van der Waals surface area (Å²) in [5.74, 6) is 0.540. The molecule has 3 N–H and O–H groups in total. The summed E-state index contributed by atoms with van der Waals surface area (Å²) in [5.41, 5.74) is 7.98. The minimum atomic E-state index is 0.00593. The molecule has 1 aromatic carbocycles. The molecule has 0 aliphatic heterocycles. The highest BCUT2D eigenvalue weighted by atomic mass is 16.4. The Morgan fingerprint density at radius 2 is 2.10 bits per heavy atom. The molecule has 3 rings (SSSR count). The zero-order valence-corrected chi connectivity index (χ0v) is 10.9. The third-order valence-electron chi connectivity index (χ3n) is 3.03. The van der Waals surface area contributed by atoms with Crippen molar-refractivity contribution >= 4 is 16.7 Å². The summed E-state index contributed by atoms with van der Waals surface area (Å²) in [4.78, 5) is 4.56. The van der Waals surface area contributed by atoms with Gasteiger partial charge in [-0.05, 0) is 25.1 Å². The van der Waals surface area contributed by atoms with Crippen LogP contribution in [0.5, 0.6) is 0 Å². The van der Waals surface area contributed by atoms with Crippen LogP contribution in [0.3, 0.4) is 0 Å². The molecule has 6 nitrogen and oxygen atoms in total. The van der Waals surface area contributed by atoms with Gasteiger partial charge in [0.05, 0.1) is 16.8 Å². The van der Waals surface area contributed by atoms with Crippen molar-refractivity contribution in [3.63, 3.8) is 0 Å². The lowest BCUT2D eigenvalue weighted by atomic mass is 10.1. The SMILES string of the molecule is Cc1ccn(-c2nc3ccccc3cc2C(N)=NO)n1. The van der Waals surface area contributed by atoms with E-state index < -0.39 is 0 Å². The standard InChI is InChI=1S/C14H13N5O/c1-9-6-7-19(17-9)14-11(13(15)18-20)8-10-4-2-3-5-12(10)16-14/h2-8,20H,1H3,(H2,15,18). The fourth-order valence-electron chi connectivity index (χ4n) is 2.06. The first-order chi connectivity index (χ1) is 9.69. The zero-order valence-electron chi connectivity index (χ0n) is 10.9. The molecule has 0 radical (unpaired) electrons. The summed E-state index contributed by atoms with van der Waals surface area (Å²) in [5, 5.41) is 17.3. The third-order valence-corrected chi connectivity index (χ3v) is 3.03. The summed E-state index contributed by atoms with van der Waals surface area (Å²) >= 11 is 0. The number of hydrogen-bond donors (Lipinski definition) is 2. The Morgan fingerprint density at radius 1 is 1.30 bits per heavy atom. The van der Waals surface area contributed by atoms with E-state index in [9.17, 15) is 0 Å². The molecular formula is C14H13N5O. The van der Waals surface area contributed by atoms with Crippen LogP contribution in [0.1, 0.15) is 11.3 Å². The normalized spacial score (nSPS) is 11.9. The first-order valence-corrected chi connectivity index (χ1v) is 6.09. The van der Waals surface area contributed by atoms with Crippen molar-refractivity contribution in [3.05, 3.63) is 53.9 Å². The number of nitrogens with two attached hydrogens (primary N) is 1. The van der Waals surface area contributed by atoms with Gasteiger partial charge in [0.15, 0.2) is 11.7 Å². The van der Waals surface area contributed by atoms with Crippen molar-refractivity contribution in [2.24, 2.45) is 10.9 Å². The van der Waals surface area contributed by atoms with Gasteiger partial charge in [0.1, 0.15) is 0 Å². The molecule has 0 unspecified atom stereocenters. The molecule has 2 heterocycles. The first kappa shape index (κ1) is 12.2. The minimum Gasteiger partial charge on any atom is -0.409 e. The average molecular weight is 267 g/mol. The number of aromatic nitrogens is 3. The predicted molar refractivity (Wildman–Crippen MR) is 76.1 cm³/mol. The van der Waals surface area contributed by atoms with Gasteiger partial charge in [0.25, 0.3) is 0 Å². The Bertz CT molecular complexity index is 806. The highest BCUT2D eigenvalue weighted by Crippen LogP contribution is 2.19. The van der Waals surface area contributed by atoms with E-state index >= 15 is 0 Å². The Labute approximate surface area is 115 Å². The van der Waals surface area contributed by atoms with Crippen LogP contribution in [0.2, 0.25) is 0 Å². The van der Waals surface area contributed by atoms with E-state index in [1.54, 1.807) is 10.9 Å². The lowest BCUT2D eigenvalue weighted by Gasteiger charge is -2.09. The van der Waals surface area contributed by atoms with Gasteiger partial charge in [0, 0.05) is 11.6 Å². The Kier molecular flexibility index (Phi) is 2.83. The van der Waals surface area contributed by atoms with Crippen LogP contribution in [0.4, 0.5) is 0 Å². The molecule has 0 aliphatic rings. The van der Waals surface area contributed by atoms with Crippen LogP contribution >= 0.6 is 0 Å². The quantitative estimate of drug-likeness (QED) is 0.321. The second-order valence-corrected chi connectivity index (χ2v) is 4.44. The highest BCUT2D eigenvalue weighted by Gasteiger charge is 2.13. The second kappa shape index (κ2) is 4.65. The van der Waals surface area contributed by atoms with Crippen molar-refractivity contribution in [3.8, 4) is 5.82 Å².